The van der Waals surface area contributed by atoms with Crippen molar-refractivity contribution in [2.24, 2.45) is 5.92 Å². The van der Waals surface area contributed by atoms with Crippen LogP contribution in [0.3, 0.4) is 0 Å². The number of carbonyl (C=O) groups is 2. The lowest BCUT2D eigenvalue weighted by molar-refractivity contribution is -0.131. The number of carbonyl (C=O) groups excluding carboxylic acids is 2. The van der Waals surface area contributed by atoms with Crippen molar-refractivity contribution in [2.45, 2.75) is 44.1 Å². The summed E-state index contributed by atoms with van der Waals surface area (Å²) in [5.74, 6) is 1.63. The summed E-state index contributed by atoms with van der Waals surface area (Å²) in [7, 11) is 1.49. The minimum Gasteiger partial charge on any atom is -0.375 e. The first-order valence-corrected chi connectivity index (χ1v) is 10.7. The van der Waals surface area contributed by atoms with Crippen molar-refractivity contribution >= 4 is 11.8 Å². The van der Waals surface area contributed by atoms with E-state index in [-0.39, 0.29) is 30.4 Å². The number of nitrogens with zero attached hydrogens (tertiary/aromatic N) is 3. The Balaban J connectivity index is 1.50. The van der Waals surface area contributed by atoms with Crippen LogP contribution >= 0.6 is 0 Å². The zero-order chi connectivity index (χ0) is 20.9. The molecular formula is C22H29N5O3. The normalized spacial score (nSPS) is 21.8. The monoisotopic (exact) mass is 411 g/mol. The zero-order valence-electron chi connectivity index (χ0n) is 17.3. The van der Waals surface area contributed by atoms with Crippen LogP contribution < -0.4 is 5.32 Å². The molecule has 8 nitrogen and oxygen atoms in total. The van der Waals surface area contributed by atoms with Gasteiger partial charge in [0.2, 0.25) is 11.8 Å². The molecule has 2 heterocycles. The van der Waals surface area contributed by atoms with Crippen molar-refractivity contribution in [2.75, 3.05) is 26.8 Å². The molecule has 0 unspecified atom stereocenters. The smallest absolute Gasteiger partial charge is 0.246 e. The van der Waals surface area contributed by atoms with Crippen LogP contribution in [0.2, 0.25) is 0 Å². The second kappa shape index (κ2) is 9.38. The number of rotatable bonds is 7. The van der Waals surface area contributed by atoms with Crippen LogP contribution in [-0.4, -0.2) is 64.7 Å². The SMILES string of the molecule is COCC(=O)N[C@@H]1CN(C(=O)CC2CCCC2)C[C@H]1c1nc(-c2ccccc2)n[nH]1. The molecule has 2 fully saturated rings. The van der Waals surface area contributed by atoms with Crippen molar-refractivity contribution in [1.29, 1.82) is 0 Å². The van der Waals surface area contributed by atoms with E-state index in [0.29, 0.717) is 37.1 Å². The van der Waals surface area contributed by atoms with E-state index in [1.165, 1.54) is 20.0 Å². The molecule has 1 aliphatic carbocycles. The van der Waals surface area contributed by atoms with Gasteiger partial charge < -0.3 is 15.0 Å². The molecule has 160 valence electrons. The molecule has 30 heavy (non-hydrogen) atoms. The van der Waals surface area contributed by atoms with Crippen LogP contribution in [0.25, 0.3) is 11.4 Å². The Labute approximate surface area is 176 Å². The highest BCUT2D eigenvalue weighted by atomic mass is 16.5. The summed E-state index contributed by atoms with van der Waals surface area (Å²) in [5, 5.41) is 10.4. The summed E-state index contributed by atoms with van der Waals surface area (Å²) < 4.78 is 4.95. The summed E-state index contributed by atoms with van der Waals surface area (Å²) in [6.45, 7) is 0.991. The second-order valence-corrected chi connectivity index (χ2v) is 8.28. The van der Waals surface area contributed by atoms with Gasteiger partial charge in [-0.15, -0.1) is 0 Å². The minimum atomic E-state index is -0.225. The first-order chi connectivity index (χ1) is 14.6. The average Bonchev–Trinajstić information content (AvgIpc) is 3.49. The third kappa shape index (κ3) is 4.70. The fourth-order valence-electron chi connectivity index (χ4n) is 4.56. The van der Waals surface area contributed by atoms with Crippen molar-refractivity contribution in [3.8, 4) is 11.4 Å². The van der Waals surface area contributed by atoms with E-state index in [1.807, 2.05) is 35.2 Å². The van der Waals surface area contributed by atoms with Crippen LogP contribution in [0.5, 0.6) is 0 Å². The number of aromatic amines is 1. The highest BCUT2D eigenvalue weighted by Gasteiger charge is 2.39. The van der Waals surface area contributed by atoms with Gasteiger partial charge in [0.25, 0.3) is 0 Å². The van der Waals surface area contributed by atoms with Gasteiger partial charge in [0, 0.05) is 32.2 Å². The molecule has 0 spiro atoms. The molecular weight excluding hydrogens is 382 g/mol. The quantitative estimate of drug-likeness (QED) is 0.727. The topological polar surface area (TPSA) is 100 Å². The van der Waals surface area contributed by atoms with Gasteiger partial charge in [-0.2, -0.15) is 5.10 Å². The predicted octanol–water partition coefficient (Wildman–Crippen LogP) is 2.11. The van der Waals surface area contributed by atoms with Crippen LogP contribution in [0.4, 0.5) is 0 Å². The Morgan fingerprint density at radius 2 is 1.97 bits per heavy atom. The Hall–Kier alpha value is -2.74. The van der Waals surface area contributed by atoms with Crippen molar-refractivity contribution < 1.29 is 14.3 Å². The molecule has 0 bridgehead atoms. The number of benzene rings is 1. The molecule has 2 N–H and O–H groups in total. The molecule has 2 atom stereocenters. The number of H-pyrrole nitrogens is 1. The lowest BCUT2D eigenvalue weighted by atomic mass is 10.0. The Morgan fingerprint density at radius 3 is 2.70 bits per heavy atom. The van der Waals surface area contributed by atoms with E-state index in [0.717, 1.165) is 18.4 Å². The lowest BCUT2D eigenvalue weighted by Gasteiger charge is -2.19. The molecule has 0 radical (unpaired) electrons. The second-order valence-electron chi connectivity index (χ2n) is 8.28. The van der Waals surface area contributed by atoms with E-state index in [1.54, 1.807) is 0 Å². The lowest BCUT2D eigenvalue weighted by Crippen LogP contribution is -2.42. The van der Waals surface area contributed by atoms with Crippen LogP contribution in [0.15, 0.2) is 30.3 Å². The number of hydrogen-bond acceptors (Lipinski definition) is 5. The average molecular weight is 412 g/mol. The van der Waals surface area contributed by atoms with Gasteiger partial charge in [0.15, 0.2) is 5.82 Å². The predicted molar refractivity (Wildman–Crippen MR) is 112 cm³/mol. The van der Waals surface area contributed by atoms with Gasteiger partial charge in [0.1, 0.15) is 12.4 Å². The van der Waals surface area contributed by atoms with E-state index < -0.39 is 0 Å². The van der Waals surface area contributed by atoms with Gasteiger partial charge in [0.05, 0.1) is 12.0 Å². The maximum Gasteiger partial charge on any atom is 0.246 e. The number of aromatic nitrogens is 3. The van der Waals surface area contributed by atoms with Crippen molar-refractivity contribution in [3.05, 3.63) is 36.2 Å². The molecule has 1 aromatic heterocycles. The van der Waals surface area contributed by atoms with E-state index in [9.17, 15) is 9.59 Å². The number of amides is 2. The number of ether oxygens (including phenoxy) is 1. The molecule has 1 saturated carbocycles. The number of likely N-dealkylation sites (tertiary alicyclic amines) is 1. The standard InChI is InChI=1S/C22H29N5O3/c1-30-14-19(28)23-18-13-27(20(29)11-15-7-5-6-8-15)12-17(18)22-24-21(25-26-22)16-9-3-2-4-10-16/h2-4,9-10,15,17-18H,5-8,11-14H2,1H3,(H,23,28)(H,24,25,26)/t17-,18-/m1/s1. The number of methoxy groups -OCH3 is 1. The van der Waals surface area contributed by atoms with Gasteiger partial charge in [-0.05, 0) is 18.8 Å². The third-order valence-corrected chi connectivity index (χ3v) is 6.12. The van der Waals surface area contributed by atoms with Gasteiger partial charge >= 0.3 is 0 Å². The first kappa shape index (κ1) is 20.5. The van der Waals surface area contributed by atoms with E-state index >= 15 is 0 Å². The van der Waals surface area contributed by atoms with Crippen LogP contribution in [-0.2, 0) is 14.3 Å². The van der Waals surface area contributed by atoms with Crippen LogP contribution in [0, 0.1) is 5.92 Å². The van der Waals surface area contributed by atoms with Gasteiger partial charge in [-0.25, -0.2) is 4.98 Å². The molecule has 2 aromatic rings. The molecule has 1 aromatic carbocycles. The minimum absolute atomic E-state index is 0.00902. The fraction of sp³-hybridized carbons (Fsp3) is 0.545. The molecule has 2 aliphatic rings. The summed E-state index contributed by atoms with van der Waals surface area (Å²) in [6, 6.07) is 9.52. The summed E-state index contributed by atoms with van der Waals surface area (Å²) in [4.78, 5) is 31.6. The van der Waals surface area contributed by atoms with Crippen molar-refractivity contribution in [3.63, 3.8) is 0 Å². The number of nitrogens with one attached hydrogen (secondary N) is 2. The maximum absolute atomic E-state index is 12.9. The maximum atomic E-state index is 12.9. The largest absolute Gasteiger partial charge is 0.375 e. The van der Waals surface area contributed by atoms with Crippen LogP contribution in [0.1, 0.15) is 43.8 Å². The van der Waals surface area contributed by atoms with E-state index in [2.05, 4.69) is 20.5 Å². The number of hydrogen-bond donors (Lipinski definition) is 2. The van der Waals surface area contributed by atoms with Crippen molar-refractivity contribution in [1.82, 2.24) is 25.4 Å². The molecule has 2 amide bonds. The summed E-state index contributed by atoms with van der Waals surface area (Å²) in [5.41, 5.74) is 0.923. The Morgan fingerprint density at radius 1 is 1.20 bits per heavy atom. The van der Waals surface area contributed by atoms with Gasteiger partial charge in [-0.1, -0.05) is 43.2 Å². The van der Waals surface area contributed by atoms with E-state index in [4.69, 9.17) is 4.74 Å². The summed E-state index contributed by atoms with van der Waals surface area (Å²) >= 11 is 0. The van der Waals surface area contributed by atoms with Gasteiger partial charge in [-0.3, -0.25) is 14.7 Å². The fourth-order valence-corrected chi connectivity index (χ4v) is 4.56. The Kier molecular flexibility index (Phi) is 6.42. The Bertz CT molecular complexity index is 863. The molecule has 8 heteroatoms. The highest BCUT2D eigenvalue weighted by molar-refractivity contribution is 5.79. The summed E-state index contributed by atoms with van der Waals surface area (Å²) in [6.07, 6.45) is 5.31. The first-order valence-electron chi connectivity index (χ1n) is 10.7. The zero-order valence-corrected chi connectivity index (χ0v) is 17.3. The highest BCUT2D eigenvalue weighted by Crippen LogP contribution is 2.31. The third-order valence-electron chi connectivity index (χ3n) is 6.12. The molecule has 1 saturated heterocycles. The molecule has 4 rings (SSSR count). The molecule has 1 aliphatic heterocycles.